The van der Waals surface area contributed by atoms with Crippen LogP contribution in [0.3, 0.4) is 0 Å². The molecule has 1 aliphatic heterocycles. The van der Waals surface area contributed by atoms with Gasteiger partial charge in [-0.15, -0.1) is 12.4 Å². The molecular formula is C13H19Cl2FN2. The van der Waals surface area contributed by atoms with E-state index in [1.165, 1.54) is 12.5 Å². The molecule has 0 saturated carbocycles. The SMILES string of the molecule is CNC1CCCN(Cc2c(F)cccc2Cl)C1.Cl. The number of piperidine rings is 1. The molecule has 0 amide bonds. The Hall–Kier alpha value is -0.350. The number of nitrogens with one attached hydrogen (secondary N) is 1. The van der Waals surface area contributed by atoms with Crippen molar-refractivity contribution in [3.63, 3.8) is 0 Å². The Bertz CT molecular complexity index is 367. The van der Waals surface area contributed by atoms with Crippen LogP contribution in [0.2, 0.25) is 5.02 Å². The van der Waals surface area contributed by atoms with E-state index in [0.29, 0.717) is 23.2 Å². The van der Waals surface area contributed by atoms with E-state index < -0.39 is 0 Å². The number of likely N-dealkylation sites (N-methyl/N-ethyl adjacent to an activating group) is 1. The Labute approximate surface area is 119 Å². The van der Waals surface area contributed by atoms with E-state index in [1.54, 1.807) is 12.1 Å². The van der Waals surface area contributed by atoms with E-state index in [-0.39, 0.29) is 18.2 Å². The normalized spacial score (nSPS) is 20.5. The molecule has 0 bridgehead atoms. The van der Waals surface area contributed by atoms with E-state index >= 15 is 0 Å². The maximum atomic E-state index is 13.7. The Morgan fingerprint density at radius 3 is 2.94 bits per heavy atom. The Kier molecular flexibility index (Phi) is 6.36. The van der Waals surface area contributed by atoms with Crippen LogP contribution in [-0.4, -0.2) is 31.1 Å². The highest BCUT2D eigenvalue weighted by molar-refractivity contribution is 6.31. The van der Waals surface area contributed by atoms with E-state index in [2.05, 4.69) is 10.2 Å². The van der Waals surface area contributed by atoms with Gasteiger partial charge in [0.2, 0.25) is 0 Å². The summed E-state index contributed by atoms with van der Waals surface area (Å²) in [4.78, 5) is 2.26. The fraction of sp³-hybridized carbons (Fsp3) is 0.538. The second-order valence-electron chi connectivity index (χ2n) is 4.56. The van der Waals surface area contributed by atoms with Crippen molar-refractivity contribution in [3.8, 4) is 0 Å². The molecule has 1 unspecified atom stereocenters. The first-order chi connectivity index (χ1) is 8.20. The number of hydrogen-bond acceptors (Lipinski definition) is 2. The highest BCUT2D eigenvalue weighted by Gasteiger charge is 2.20. The molecule has 1 heterocycles. The fourth-order valence-electron chi connectivity index (χ4n) is 2.34. The maximum Gasteiger partial charge on any atom is 0.129 e. The lowest BCUT2D eigenvalue weighted by atomic mass is 10.0. The largest absolute Gasteiger partial charge is 0.316 e. The van der Waals surface area contributed by atoms with Gasteiger partial charge in [-0.25, -0.2) is 4.39 Å². The van der Waals surface area contributed by atoms with Crippen LogP contribution in [-0.2, 0) is 6.54 Å². The average molecular weight is 293 g/mol. The molecule has 1 aromatic carbocycles. The summed E-state index contributed by atoms with van der Waals surface area (Å²) in [6, 6.07) is 5.38. The molecule has 18 heavy (non-hydrogen) atoms. The predicted molar refractivity (Wildman–Crippen MR) is 76.0 cm³/mol. The second kappa shape index (κ2) is 7.29. The standard InChI is InChI=1S/C13H18ClFN2.ClH/c1-16-10-4-3-7-17(8-10)9-11-12(14)5-2-6-13(11)15;/h2,5-6,10,16H,3-4,7-9H2,1H3;1H. The van der Waals surface area contributed by atoms with Gasteiger partial charge in [0.05, 0.1) is 0 Å². The number of rotatable bonds is 3. The zero-order valence-electron chi connectivity index (χ0n) is 10.5. The van der Waals surface area contributed by atoms with Gasteiger partial charge in [0, 0.05) is 29.7 Å². The van der Waals surface area contributed by atoms with Crippen LogP contribution < -0.4 is 5.32 Å². The molecule has 5 heteroatoms. The molecule has 1 saturated heterocycles. The van der Waals surface area contributed by atoms with Crippen LogP contribution in [0.4, 0.5) is 4.39 Å². The fourth-order valence-corrected chi connectivity index (χ4v) is 2.56. The van der Waals surface area contributed by atoms with Crippen molar-refractivity contribution in [1.82, 2.24) is 10.2 Å². The number of halogens is 3. The highest BCUT2D eigenvalue weighted by atomic mass is 35.5. The third kappa shape index (κ3) is 3.82. The van der Waals surface area contributed by atoms with Crippen LogP contribution in [0.1, 0.15) is 18.4 Å². The van der Waals surface area contributed by atoms with Crippen molar-refractivity contribution in [1.29, 1.82) is 0 Å². The molecule has 0 aliphatic carbocycles. The van der Waals surface area contributed by atoms with Crippen LogP contribution in [0.25, 0.3) is 0 Å². The first-order valence-corrected chi connectivity index (χ1v) is 6.41. The van der Waals surface area contributed by atoms with Crippen molar-refractivity contribution >= 4 is 24.0 Å². The van der Waals surface area contributed by atoms with Crippen LogP contribution in [0.5, 0.6) is 0 Å². The van der Waals surface area contributed by atoms with Crippen molar-refractivity contribution in [2.24, 2.45) is 0 Å². The summed E-state index contributed by atoms with van der Waals surface area (Å²) in [5, 5.41) is 3.81. The van der Waals surface area contributed by atoms with Crippen LogP contribution >= 0.6 is 24.0 Å². The second-order valence-corrected chi connectivity index (χ2v) is 4.97. The van der Waals surface area contributed by atoms with Gasteiger partial charge in [0.25, 0.3) is 0 Å². The van der Waals surface area contributed by atoms with Crippen LogP contribution in [0, 0.1) is 5.82 Å². The number of benzene rings is 1. The van der Waals surface area contributed by atoms with E-state index in [9.17, 15) is 4.39 Å². The number of likely N-dealkylation sites (tertiary alicyclic amines) is 1. The molecule has 2 nitrogen and oxygen atoms in total. The summed E-state index contributed by atoms with van der Waals surface area (Å²) in [5.41, 5.74) is 0.617. The first kappa shape index (κ1) is 15.7. The van der Waals surface area contributed by atoms with Gasteiger partial charge in [-0.05, 0) is 38.6 Å². The molecule has 1 atom stereocenters. The molecular weight excluding hydrogens is 274 g/mol. The monoisotopic (exact) mass is 292 g/mol. The molecule has 1 aliphatic rings. The third-order valence-corrected chi connectivity index (χ3v) is 3.71. The van der Waals surface area contributed by atoms with E-state index in [1.807, 2.05) is 7.05 Å². The summed E-state index contributed by atoms with van der Waals surface area (Å²) < 4.78 is 13.7. The number of hydrogen-bond donors (Lipinski definition) is 1. The topological polar surface area (TPSA) is 15.3 Å². The molecule has 1 N–H and O–H groups in total. The minimum Gasteiger partial charge on any atom is -0.316 e. The minimum absolute atomic E-state index is 0. The Morgan fingerprint density at radius 1 is 1.50 bits per heavy atom. The lowest BCUT2D eigenvalue weighted by Crippen LogP contribution is -2.44. The third-order valence-electron chi connectivity index (χ3n) is 3.36. The summed E-state index contributed by atoms with van der Waals surface area (Å²) in [7, 11) is 1.98. The average Bonchev–Trinajstić information content (AvgIpc) is 2.34. The first-order valence-electron chi connectivity index (χ1n) is 6.03. The molecule has 1 aromatic rings. The minimum atomic E-state index is -0.205. The Balaban J connectivity index is 0.00000162. The van der Waals surface area contributed by atoms with E-state index in [4.69, 9.17) is 11.6 Å². The van der Waals surface area contributed by atoms with Crippen molar-refractivity contribution in [3.05, 3.63) is 34.6 Å². The summed E-state index contributed by atoms with van der Waals surface area (Å²) in [5.74, 6) is -0.205. The van der Waals surface area contributed by atoms with Crippen molar-refractivity contribution < 1.29 is 4.39 Å². The molecule has 2 rings (SSSR count). The highest BCUT2D eigenvalue weighted by Crippen LogP contribution is 2.22. The van der Waals surface area contributed by atoms with Gasteiger partial charge in [-0.1, -0.05) is 17.7 Å². The molecule has 0 spiro atoms. The predicted octanol–water partition coefficient (Wildman–Crippen LogP) is 3.08. The van der Waals surface area contributed by atoms with Crippen LogP contribution in [0.15, 0.2) is 18.2 Å². The quantitative estimate of drug-likeness (QED) is 0.921. The van der Waals surface area contributed by atoms with Gasteiger partial charge in [0.1, 0.15) is 5.82 Å². The summed E-state index contributed by atoms with van der Waals surface area (Å²) in [6.45, 7) is 2.58. The van der Waals surface area contributed by atoms with Crippen molar-refractivity contribution in [2.75, 3.05) is 20.1 Å². The Morgan fingerprint density at radius 2 is 2.28 bits per heavy atom. The lowest BCUT2D eigenvalue weighted by molar-refractivity contribution is 0.186. The molecule has 0 aromatic heterocycles. The number of nitrogens with zero attached hydrogens (tertiary/aromatic N) is 1. The maximum absolute atomic E-state index is 13.7. The lowest BCUT2D eigenvalue weighted by Gasteiger charge is -2.32. The van der Waals surface area contributed by atoms with Gasteiger partial charge in [-0.3, -0.25) is 4.90 Å². The molecule has 1 fully saturated rings. The zero-order chi connectivity index (χ0) is 12.3. The van der Waals surface area contributed by atoms with Gasteiger partial charge in [0.15, 0.2) is 0 Å². The summed E-state index contributed by atoms with van der Waals surface area (Å²) >= 11 is 6.04. The zero-order valence-corrected chi connectivity index (χ0v) is 12.0. The van der Waals surface area contributed by atoms with Gasteiger partial charge >= 0.3 is 0 Å². The van der Waals surface area contributed by atoms with Gasteiger partial charge in [-0.2, -0.15) is 0 Å². The smallest absolute Gasteiger partial charge is 0.129 e. The van der Waals surface area contributed by atoms with E-state index in [0.717, 1.165) is 19.5 Å². The molecule has 0 radical (unpaired) electrons. The summed E-state index contributed by atoms with van der Waals surface area (Å²) in [6.07, 6.45) is 2.34. The van der Waals surface area contributed by atoms with Gasteiger partial charge < -0.3 is 5.32 Å². The van der Waals surface area contributed by atoms with Crippen molar-refractivity contribution in [2.45, 2.75) is 25.4 Å². The molecule has 102 valence electrons.